The van der Waals surface area contributed by atoms with E-state index >= 15 is 0 Å². The van der Waals surface area contributed by atoms with Crippen molar-refractivity contribution in [2.24, 2.45) is 0 Å². The number of hydrogen-bond acceptors (Lipinski definition) is 5. The standard InChI is InChI=1S/C11H15ClN2O4S/c12-10-7-9(1-6-19(15,16)17)8-11(13-10)14-2-4-18-5-3-14/h7-8H,1-6H2,(H,15,16,17). The molecule has 0 bridgehead atoms. The molecule has 6 nitrogen and oxygen atoms in total. The van der Waals surface area contributed by atoms with Gasteiger partial charge >= 0.3 is 0 Å². The van der Waals surface area contributed by atoms with E-state index in [0.717, 1.165) is 18.7 Å². The van der Waals surface area contributed by atoms with E-state index in [-0.39, 0.29) is 12.2 Å². The number of halogens is 1. The van der Waals surface area contributed by atoms with Gasteiger partial charge in [0.1, 0.15) is 11.0 Å². The fourth-order valence-electron chi connectivity index (χ4n) is 1.88. The van der Waals surface area contributed by atoms with Gasteiger partial charge in [0, 0.05) is 13.1 Å². The summed E-state index contributed by atoms with van der Waals surface area (Å²) in [6, 6.07) is 3.40. The number of aryl methyl sites for hydroxylation is 1. The number of morpholine rings is 1. The number of nitrogens with zero attached hydrogens (tertiary/aromatic N) is 2. The molecule has 0 aliphatic carbocycles. The van der Waals surface area contributed by atoms with Crippen molar-refractivity contribution in [3.05, 3.63) is 22.8 Å². The smallest absolute Gasteiger partial charge is 0.265 e. The Labute approximate surface area is 117 Å². The summed E-state index contributed by atoms with van der Waals surface area (Å²) in [7, 11) is -3.97. The van der Waals surface area contributed by atoms with Crippen LogP contribution in [0.3, 0.4) is 0 Å². The van der Waals surface area contributed by atoms with E-state index in [0.29, 0.717) is 24.2 Å². The Morgan fingerprint density at radius 1 is 1.37 bits per heavy atom. The van der Waals surface area contributed by atoms with Crippen LogP contribution in [-0.2, 0) is 21.3 Å². The van der Waals surface area contributed by atoms with Gasteiger partial charge in [0.2, 0.25) is 0 Å². The van der Waals surface area contributed by atoms with Crippen molar-refractivity contribution in [3.63, 3.8) is 0 Å². The van der Waals surface area contributed by atoms with Crippen LogP contribution in [0.15, 0.2) is 12.1 Å². The molecule has 1 N–H and O–H groups in total. The predicted molar refractivity (Wildman–Crippen MR) is 72.4 cm³/mol. The minimum atomic E-state index is -3.97. The summed E-state index contributed by atoms with van der Waals surface area (Å²) in [6.07, 6.45) is 0.207. The molecule has 0 amide bonds. The second-order valence-electron chi connectivity index (χ2n) is 4.29. The molecule has 0 unspecified atom stereocenters. The quantitative estimate of drug-likeness (QED) is 0.660. The van der Waals surface area contributed by atoms with Crippen LogP contribution in [0.5, 0.6) is 0 Å². The van der Waals surface area contributed by atoms with Crippen LogP contribution in [0.1, 0.15) is 5.56 Å². The first-order chi connectivity index (χ1) is 8.94. The number of ether oxygens (including phenoxy) is 1. The van der Waals surface area contributed by atoms with Gasteiger partial charge < -0.3 is 9.64 Å². The maximum atomic E-state index is 10.8. The number of hydrogen-bond donors (Lipinski definition) is 1. The van der Waals surface area contributed by atoms with Crippen molar-refractivity contribution in [1.82, 2.24) is 4.98 Å². The molecule has 1 aromatic rings. The lowest BCUT2D eigenvalue weighted by Crippen LogP contribution is -2.36. The highest BCUT2D eigenvalue weighted by molar-refractivity contribution is 7.85. The lowest BCUT2D eigenvalue weighted by molar-refractivity contribution is 0.122. The van der Waals surface area contributed by atoms with Gasteiger partial charge in [-0.05, 0) is 24.1 Å². The highest BCUT2D eigenvalue weighted by Crippen LogP contribution is 2.19. The normalized spacial score (nSPS) is 16.6. The molecular formula is C11H15ClN2O4S. The maximum Gasteiger partial charge on any atom is 0.265 e. The third-order valence-corrected chi connectivity index (χ3v) is 3.74. The lowest BCUT2D eigenvalue weighted by Gasteiger charge is -2.28. The van der Waals surface area contributed by atoms with Gasteiger partial charge in [-0.1, -0.05) is 11.6 Å². The average Bonchev–Trinajstić information content (AvgIpc) is 2.36. The van der Waals surface area contributed by atoms with Gasteiger partial charge in [-0.2, -0.15) is 8.42 Å². The fraction of sp³-hybridized carbons (Fsp3) is 0.545. The Morgan fingerprint density at radius 2 is 2.05 bits per heavy atom. The highest BCUT2D eigenvalue weighted by atomic mass is 35.5. The first-order valence-electron chi connectivity index (χ1n) is 5.88. The van der Waals surface area contributed by atoms with E-state index in [1.54, 1.807) is 12.1 Å². The van der Waals surface area contributed by atoms with Crippen LogP contribution in [0.4, 0.5) is 5.82 Å². The first kappa shape index (κ1) is 14.5. The van der Waals surface area contributed by atoms with E-state index in [1.165, 1.54) is 0 Å². The van der Waals surface area contributed by atoms with Crippen LogP contribution >= 0.6 is 11.6 Å². The molecule has 1 aliphatic rings. The molecule has 1 saturated heterocycles. The van der Waals surface area contributed by atoms with Gasteiger partial charge in [-0.15, -0.1) is 0 Å². The maximum absolute atomic E-state index is 10.8. The minimum Gasteiger partial charge on any atom is -0.378 e. The summed E-state index contributed by atoms with van der Waals surface area (Å²) >= 11 is 5.94. The Bertz CT molecular complexity index is 544. The van der Waals surface area contributed by atoms with Gasteiger partial charge in [0.25, 0.3) is 10.1 Å². The van der Waals surface area contributed by atoms with Gasteiger partial charge in [0.15, 0.2) is 0 Å². The summed E-state index contributed by atoms with van der Waals surface area (Å²) in [6.45, 7) is 2.72. The molecular weight excluding hydrogens is 292 g/mol. The van der Waals surface area contributed by atoms with E-state index in [4.69, 9.17) is 20.9 Å². The third kappa shape index (κ3) is 4.61. The molecule has 0 radical (unpaired) electrons. The third-order valence-electron chi connectivity index (χ3n) is 2.82. The number of anilines is 1. The SMILES string of the molecule is O=S(=O)(O)CCc1cc(Cl)nc(N2CCOCC2)c1. The molecule has 2 rings (SSSR count). The van der Waals surface area contributed by atoms with E-state index in [1.807, 2.05) is 4.90 Å². The molecule has 106 valence electrons. The number of rotatable bonds is 4. The zero-order valence-corrected chi connectivity index (χ0v) is 11.8. The van der Waals surface area contributed by atoms with Gasteiger partial charge in [-0.25, -0.2) is 4.98 Å². The summed E-state index contributed by atoms with van der Waals surface area (Å²) < 4.78 is 35.5. The molecule has 1 fully saturated rings. The first-order valence-corrected chi connectivity index (χ1v) is 7.87. The molecule has 0 saturated carbocycles. The van der Waals surface area contributed by atoms with Crippen LogP contribution < -0.4 is 4.90 Å². The Hall–Kier alpha value is -0.890. The number of aromatic nitrogens is 1. The topological polar surface area (TPSA) is 79.7 Å². The van der Waals surface area contributed by atoms with E-state index in [9.17, 15) is 8.42 Å². The van der Waals surface area contributed by atoms with Crippen molar-refractivity contribution >= 4 is 27.5 Å². The monoisotopic (exact) mass is 306 g/mol. The van der Waals surface area contributed by atoms with Crippen molar-refractivity contribution in [2.75, 3.05) is 37.0 Å². The largest absolute Gasteiger partial charge is 0.378 e. The van der Waals surface area contributed by atoms with E-state index in [2.05, 4.69) is 4.98 Å². The average molecular weight is 307 g/mol. The summed E-state index contributed by atoms with van der Waals surface area (Å²) in [5.74, 6) is 0.386. The Balaban J connectivity index is 2.14. The van der Waals surface area contributed by atoms with Gasteiger partial charge in [-0.3, -0.25) is 4.55 Å². The molecule has 2 heterocycles. The van der Waals surface area contributed by atoms with E-state index < -0.39 is 10.1 Å². The summed E-state index contributed by atoms with van der Waals surface area (Å²) in [5, 5.41) is 0.314. The predicted octanol–water partition coefficient (Wildman–Crippen LogP) is 1.00. The molecule has 19 heavy (non-hydrogen) atoms. The van der Waals surface area contributed by atoms with Crippen molar-refractivity contribution in [3.8, 4) is 0 Å². The van der Waals surface area contributed by atoms with Crippen LogP contribution in [0.2, 0.25) is 5.15 Å². The summed E-state index contributed by atoms with van der Waals surface area (Å²) in [4.78, 5) is 6.26. The van der Waals surface area contributed by atoms with Crippen molar-refractivity contribution in [1.29, 1.82) is 0 Å². The minimum absolute atomic E-state index is 0.207. The highest BCUT2D eigenvalue weighted by Gasteiger charge is 2.14. The van der Waals surface area contributed by atoms with Crippen LogP contribution in [-0.4, -0.2) is 50.0 Å². The molecule has 1 aliphatic heterocycles. The molecule has 1 aromatic heterocycles. The molecule has 0 spiro atoms. The van der Waals surface area contributed by atoms with Crippen molar-refractivity contribution in [2.45, 2.75) is 6.42 Å². The Kier molecular flexibility index (Phi) is 4.62. The second-order valence-corrected chi connectivity index (χ2v) is 6.25. The van der Waals surface area contributed by atoms with Gasteiger partial charge in [0.05, 0.1) is 19.0 Å². The summed E-state index contributed by atoms with van der Waals surface area (Å²) in [5.41, 5.74) is 0.735. The molecule has 0 atom stereocenters. The Morgan fingerprint density at radius 3 is 2.68 bits per heavy atom. The zero-order valence-electron chi connectivity index (χ0n) is 10.2. The lowest BCUT2D eigenvalue weighted by atomic mass is 10.2. The van der Waals surface area contributed by atoms with Crippen LogP contribution in [0.25, 0.3) is 0 Å². The molecule has 0 aromatic carbocycles. The fourth-order valence-corrected chi connectivity index (χ4v) is 2.60. The molecule has 8 heteroatoms. The second kappa shape index (κ2) is 6.04. The van der Waals surface area contributed by atoms with Crippen molar-refractivity contribution < 1.29 is 17.7 Å². The number of pyridine rings is 1. The zero-order chi connectivity index (χ0) is 13.9. The van der Waals surface area contributed by atoms with Crippen LogP contribution in [0, 0.1) is 0 Å².